The standard InChI is InChI=1S/C17H26N4O4/c1-5-25-17(24)21-15(11(2)3)16(23)18-10-9-14(22)20-13-8-6-7-12(4)19-13/h6-8,11,15H,5,9-10H2,1-4H3,(H,18,23)(H,21,24)(H,19,20,22)/t15-/m0/s1. The zero-order chi connectivity index (χ0) is 18.8. The number of carbonyl (C=O) groups excluding carboxylic acids is 3. The maximum Gasteiger partial charge on any atom is 0.407 e. The Labute approximate surface area is 147 Å². The molecule has 1 aromatic heterocycles. The Morgan fingerprint density at radius 3 is 2.56 bits per heavy atom. The molecule has 8 heteroatoms. The monoisotopic (exact) mass is 350 g/mol. The van der Waals surface area contributed by atoms with Crippen LogP contribution in [0, 0.1) is 12.8 Å². The van der Waals surface area contributed by atoms with E-state index in [0.717, 1.165) is 5.69 Å². The minimum absolute atomic E-state index is 0.103. The quantitative estimate of drug-likeness (QED) is 0.660. The van der Waals surface area contributed by atoms with Crippen molar-refractivity contribution in [3.63, 3.8) is 0 Å². The van der Waals surface area contributed by atoms with Crippen LogP contribution >= 0.6 is 0 Å². The van der Waals surface area contributed by atoms with E-state index in [1.165, 1.54) is 0 Å². The van der Waals surface area contributed by atoms with E-state index >= 15 is 0 Å². The molecule has 0 saturated carbocycles. The first-order valence-corrected chi connectivity index (χ1v) is 8.28. The highest BCUT2D eigenvalue weighted by Crippen LogP contribution is 2.05. The molecule has 1 heterocycles. The van der Waals surface area contributed by atoms with Crippen LogP contribution in [0.1, 0.15) is 32.9 Å². The number of aryl methyl sites for hydroxylation is 1. The molecular formula is C17H26N4O4. The van der Waals surface area contributed by atoms with E-state index in [0.29, 0.717) is 5.82 Å². The summed E-state index contributed by atoms with van der Waals surface area (Å²) < 4.78 is 4.79. The molecule has 25 heavy (non-hydrogen) atoms. The summed E-state index contributed by atoms with van der Waals surface area (Å²) in [7, 11) is 0. The van der Waals surface area contributed by atoms with E-state index in [-0.39, 0.29) is 37.3 Å². The maximum absolute atomic E-state index is 12.2. The van der Waals surface area contributed by atoms with Crippen molar-refractivity contribution < 1.29 is 19.1 Å². The molecule has 0 bridgehead atoms. The van der Waals surface area contributed by atoms with Crippen molar-refractivity contribution in [2.45, 2.75) is 40.2 Å². The molecule has 1 aromatic rings. The molecule has 0 unspecified atom stereocenters. The van der Waals surface area contributed by atoms with Gasteiger partial charge in [-0.25, -0.2) is 9.78 Å². The summed E-state index contributed by atoms with van der Waals surface area (Å²) in [5.41, 5.74) is 0.802. The number of anilines is 1. The number of hydrogen-bond donors (Lipinski definition) is 3. The van der Waals surface area contributed by atoms with Gasteiger partial charge in [-0.2, -0.15) is 0 Å². The summed E-state index contributed by atoms with van der Waals surface area (Å²) in [6.45, 7) is 7.53. The highest BCUT2D eigenvalue weighted by Gasteiger charge is 2.24. The first-order chi connectivity index (χ1) is 11.8. The summed E-state index contributed by atoms with van der Waals surface area (Å²) in [6.07, 6.45) is -0.536. The maximum atomic E-state index is 12.2. The van der Waals surface area contributed by atoms with Gasteiger partial charge in [0.25, 0.3) is 0 Å². The number of carbonyl (C=O) groups is 3. The lowest BCUT2D eigenvalue weighted by atomic mass is 10.0. The number of nitrogens with zero attached hydrogens (tertiary/aromatic N) is 1. The Hall–Kier alpha value is -2.64. The number of pyridine rings is 1. The number of ether oxygens (including phenoxy) is 1. The van der Waals surface area contributed by atoms with Gasteiger partial charge in [0.2, 0.25) is 11.8 Å². The van der Waals surface area contributed by atoms with Gasteiger partial charge in [-0.3, -0.25) is 9.59 Å². The molecule has 0 spiro atoms. The van der Waals surface area contributed by atoms with Crippen molar-refractivity contribution in [3.8, 4) is 0 Å². The van der Waals surface area contributed by atoms with Crippen molar-refractivity contribution in [1.29, 1.82) is 0 Å². The summed E-state index contributed by atoms with van der Waals surface area (Å²) in [5.74, 6) is -0.252. The Kier molecular flexibility index (Phi) is 8.38. The second-order valence-corrected chi connectivity index (χ2v) is 5.84. The van der Waals surface area contributed by atoms with Crippen LogP contribution in [0.5, 0.6) is 0 Å². The lowest BCUT2D eigenvalue weighted by molar-refractivity contribution is -0.124. The zero-order valence-corrected chi connectivity index (χ0v) is 15.1. The summed E-state index contributed by atoms with van der Waals surface area (Å²) in [4.78, 5) is 39.7. The molecule has 0 aliphatic carbocycles. The van der Waals surface area contributed by atoms with E-state index in [2.05, 4.69) is 20.9 Å². The van der Waals surface area contributed by atoms with E-state index < -0.39 is 12.1 Å². The minimum Gasteiger partial charge on any atom is -0.450 e. The van der Waals surface area contributed by atoms with Gasteiger partial charge < -0.3 is 20.7 Å². The van der Waals surface area contributed by atoms with Gasteiger partial charge in [-0.1, -0.05) is 19.9 Å². The van der Waals surface area contributed by atoms with Crippen LogP contribution in [-0.2, 0) is 14.3 Å². The van der Waals surface area contributed by atoms with Gasteiger partial charge in [0.1, 0.15) is 11.9 Å². The normalized spacial score (nSPS) is 11.6. The fourth-order valence-electron chi connectivity index (χ4n) is 2.06. The predicted octanol–water partition coefficient (Wildman–Crippen LogP) is 1.61. The van der Waals surface area contributed by atoms with E-state index in [4.69, 9.17) is 4.74 Å². The van der Waals surface area contributed by atoms with Gasteiger partial charge in [-0.15, -0.1) is 0 Å². The number of hydrogen-bond acceptors (Lipinski definition) is 5. The fraction of sp³-hybridized carbons (Fsp3) is 0.529. The molecule has 8 nitrogen and oxygen atoms in total. The molecule has 3 N–H and O–H groups in total. The van der Waals surface area contributed by atoms with Gasteiger partial charge in [0.15, 0.2) is 0 Å². The molecule has 3 amide bonds. The highest BCUT2D eigenvalue weighted by atomic mass is 16.5. The summed E-state index contributed by atoms with van der Waals surface area (Å²) in [5, 5.41) is 7.83. The number of nitrogens with one attached hydrogen (secondary N) is 3. The SMILES string of the molecule is CCOC(=O)N[C@H](C(=O)NCCC(=O)Nc1cccc(C)n1)C(C)C. The van der Waals surface area contributed by atoms with Crippen LogP contribution in [0.15, 0.2) is 18.2 Å². The molecule has 0 aromatic carbocycles. The first-order valence-electron chi connectivity index (χ1n) is 8.28. The van der Waals surface area contributed by atoms with Crippen molar-refractivity contribution in [1.82, 2.24) is 15.6 Å². The second kappa shape index (κ2) is 10.3. The third kappa shape index (κ3) is 7.65. The highest BCUT2D eigenvalue weighted by molar-refractivity contribution is 5.90. The number of aromatic nitrogens is 1. The smallest absolute Gasteiger partial charge is 0.407 e. The van der Waals surface area contributed by atoms with E-state index in [9.17, 15) is 14.4 Å². The van der Waals surface area contributed by atoms with Crippen molar-refractivity contribution in [2.24, 2.45) is 5.92 Å². The molecule has 138 valence electrons. The Morgan fingerprint density at radius 1 is 1.24 bits per heavy atom. The van der Waals surface area contributed by atoms with Crippen molar-refractivity contribution in [3.05, 3.63) is 23.9 Å². The number of amides is 3. The molecule has 1 atom stereocenters. The van der Waals surface area contributed by atoms with E-state index in [1.807, 2.05) is 26.8 Å². The fourth-order valence-corrected chi connectivity index (χ4v) is 2.06. The van der Waals surface area contributed by atoms with Crippen LogP contribution < -0.4 is 16.0 Å². The summed E-state index contributed by atoms with van der Waals surface area (Å²) in [6, 6.07) is 4.61. The minimum atomic E-state index is -0.722. The molecule has 0 saturated heterocycles. The Morgan fingerprint density at radius 2 is 1.96 bits per heavy atom. The lowest BCUT2D eigenvalue weighted by Crippen LogP contribution is -2.50. The number of alkyl carbamates (subject to hydrolysis) is 1. The van der Waals surface area contributed by atoms with Crippen molar-refractivity contribution in [2.75, 3.05) is 18.5 Å². The Bertz CT molecular complexity index is 604. The average Bonchev–Trinajstić information content (AvgIpc) is 2.52. The van der Waals surface area contributed by atoms with Crippen LogP contribution in [0.3, 0.4) is 0 Å². The van der Waals surface area contributed by atoms with Gasteiger partial charge in [0, 0.05) is 18.7 Å². The van der Waals surface area contributed by atoms with Gasteiger partial charge >= 0.3 is 6.09 Å². The molecule has 0 aliphatic heterocycles. The van der Waals surface area contributed by atoms with Gasteiger partial charge in [0.05, 0.1) is 6.61 Å². The van der Waals surface area contributed by atoms with E-state index in [1.54, 1.807) is 19.1 Å². The third-order valence-electron chi connectivity index (χ3n) is 3.31. The average molecular weight is 350 g/mol. The predicted molar refractivity (Wildman–Crippen MR) is 94.0 cm³/mol. The van der Waals surface area contributed by atoms with Crippen LogP contribution in [0.2, 0.25) is 0 Å². The molecule has 0 aliphatic rings. The van der Waals surface area contributed by atoms with Crippen LogP contribution in [0.4, 0.5) is 10.6 Å². The van der Waals surface area contributed by atoms with Crippen LogP contribution in [0.25, 0.3) is 0 Å². The lowest BCUT2D eigenvalue weighted by Gasteiger charge is -2.21. The van der Waals surface area contributed by atoms with Crippen LogP contribution in [-0.4, -0.2) is 42.1 Å². The zero-order valence-electron chi connectivity index (χ0n) is 15.1. The Balaban J connectivity index is 2.43. The molecule has 0 fully saturated rings. The second-order valence-electron chi connectivity index (χ2n) is 5.84. The largest absolute Gasteiger partial charge is 0.450 e. The molecular weight excluding hydrogens is 324 g/mol. The topological polar surface area (TPSA) is 109 Å². The van der Waals surface area contributed by atoms with Gasteiger partial charge in [-0.05, 0) is 31.9 Å². The first kappa shape index (κ1) is 20.4. The number of rotatable bonds is 8. The molecule has 0 radical (unpaired) electrons. The molecule has 1 rings (SSSR count). The van der Waals surface area contributed by atoms with Crippen molar-refractivity contribution >= 4 is 23.7 Å². The third-order valence-corrected chi connectivity index (χ3v) is 3.31. The summed E-state index contributed by atoms with van der Waals surface area (Å²) >= 11 is 0.